The minimum absolute atomic E-state index is 0.104. The number of methoxy groups -OCH3 is 2. The number of H-pyrrole nitrogens is 2. The monoisotopic (exact) mass is 726 g/mol. The molecule has 16 nitrogen and oxygen atoms in total. The van der Waals surface area contributed by atoms with E-state index in [9.17, 15) is 9.59 Å². The number of imidazole rings is 2. The average molecular weight is 728 g/mol. The van der Waals surface area contributed by atoms with Crippen LogP contribution in [-0.2, 0) is 34.3 Å². The van der Waals surface area contributed by atoms with Crippen molar-refractivity contribution < 1.29 is 18.9 Å². The van der Waals surface area contributed by atoms with Crippen molar-refractivity contribution in [1.29, 1.82) is 0 Å². The SMILES string of the molecule is COCCOc1nc(N)c2[nH]c(=O)n(Cc3ccc(CCl)cc3)c2n1.COCCOc1nc(N)c2[nH]c(=O)n(Cc3ccc(CCl)cc3)c2n1. The van der Waals surface area contributed by atoms with E-state index in [1.807, 2.05) is 48.5 Å². The maximum Gasteiger partial charge on any atom is 0.328 e. The minimum atomic E-state index is -0.313. The first-order valence-corrected chi connectivity index (χ1v) is 16.3. The third kappa shape index (κ3) is 8.70. The molecule has 4 heterocycles. The van der Waals surface area contributed by atoms with Crippen molar-refractivity contribution in [2.24, 2.45) is 0 Å². The number of alkyl halides is 2. The Kier molecular flexibility index (Phi) is 12.3. The predicted molar refractivity (Wildman–Crippen MR) is 190 cm³/mol. The van der Waals surface area contributed by atoms with Crippen LogP contribution in [0.2, 0.25) is 0 Å². The Morgan fingerprint density at radius 1 is 0.600 bits per heavy atom. The van der Waals surface area contributed by atoms with Gasteiger partial charge in [-0.05, 0) is 22.3 Å². The second-order valence-corrected chi connectivity index (χ2v) is 11.3. The van der Waals surface area contributed by atoms with Crippen LogP contribution in [0.1, 0.15) is 22.3 Å². The number of nitrogen functional groups attached to an aromatic ring is 2. The highest BCUT2D eigenvalue weighted by Crippen LogP contribution is 2.20. The number of aromatic nitrogens is 8. The molecule has 0 unspecified atom stereocenters. The highest BCUT2D eigenvalue weighted by atomic mass is 35.5. The zero-order chi connectivity index (χ0) is 35.6. The molecule has 0 saturated heterocycles. The van der Waals surface area contributed by atoms with Crippen molar-refractivity contribution >= 4 is 57.2 Å². The fraction of sp³-hybridized carbons (Fsp3) is 0.312. The van der Waals surface area contributed by atoms with E-state index in [0.717, 1.165) is 22.3 Å². The third-order valence-electron chi connectivity index (χ3n) is 7.33. The molecule has 0 atom stereocenters. The molecule has 0 aliphatic rings. The molecule has 4 aromatic heterocycles. The fourth-order valence-electron chi connectivity index (χ4n) is 4.75. The average Bonchev–Trinajstić information content (AvgIpc) is 3.61. The number of anilines is 2. The molecule has 50 heavy (non-hydrogen) atoms. The number of nitrogens with one attached hydrogen (secondary N) is 2. The van der Waals surface area contributed by atoms with Gasteiger partial charge in [0.2, 0.25) is 0 Å². The summed E-state index contributed by atoms with van der Waals surface area (Å²) >= 11 is 11.6. The van der Waals surface area contributed by atoms with Crippen molar-refractivity contribution in [3.63, 3.8) is 0 Å². The van der Waals surface area contributed by atoms with E-state index in [1.165, 1.54) is 9.13 Å². The normalized spacial score (nSPS) is 11.1. The molecule has 0 saturated carbocycles. The molecule has 6 rings (SSSR count). The summed E-state index contributed by atoms with van der Waals surface area (Å²) in [6, 6.07) is 15.6. The van der Waals surface area contributed by atoms with Crippen LogP contribution in [0.4, 0.5) is 11.6 Å². The van der Waals surface area contributed by atoms with Gasteiger partial charge in [-0.3, -0.25) is 9.13 Å². The second-order valence-electron chi connectivity index (χ2n) is 10.8. The van der Waals surface area contributed by atoms with Crippen molar-refractivity contribution in [2.75, 3.05) is 52.1 Å². The first-order valence-electron chi connectivity index (χ1n) is 15.3. The van der Waals surface area contributed by atoms with Gasteiger partial charge in [-0.25, -0.2) is 9.59 Å². The standard InChI is InChI=1S/2C16H18ClN5O3/c2*1-24-6-7-25-15-20-13(18)12-14(21-15)22(16(23)19-12)9-11-4-2-10(8-17)3-5-11/h2*2-5H,6-9H2,1H3,(H,19,23)(H2,18,20,21). The largest absolute Gasteiger partial charge is 0.461 e. The Morgan fingerprint density at radius 3 is 1.30 bits per heavy atom. The van der Waals surface area contributed by atoms with E-state index in [-0.39, 0.29) is 48.2 Å². The lowest BCUT2D eigenvalue weighted by molar-refractivity contribution is 0.141. The summed E-state index contributed by atoms with van der Waals surface area (Å²) in [5.74, 6) is 1.20. The van der Waals surface area contributed by atoms with Gasteiger partial charge in [-0.15, -0.1) is 23.2 Å². The minimum Gasteiger partial charge on any atom is -0.461 e. The van der Waals surface area contributed by atoms with Crippen LogP contribution in [0.3, 0.4) is 0 Å². The summed E-state index contributed by atoms with van der Waals surface area (Å²) in [4.78, 5) is 46.7. The van der Waals surface area contributed by atoms with Crippen LogP contribution >= 0.6 is 23.2 Å². The van der Waals surface area contributed by atoms with Crippen LogP contribution in [0, 0.1) is 0 Å². The van der Waals surface area contributed by atoms with Crippen LogP contribution in [0.15, 0.2) is 58.1 Å². The van der Waals surface area contributed by atoms with E-state index >= 15 is 0 Å². The van der Waals surface area contributed by atoms with Crippen LogP contribution < -0.4 is 32.3 Å². The van der Waals surface area contributed by atoms with E-state index in [4.69, 9.17) is 53.6 Å². The number of nitrogens with two attached hydrogens (primary N) is 2. The van der Waals surface area contributed by atoms with Crippen molar-refractivity contribution in [1.82, 2.24) is 39.0 Å². The van der Waals surface area contributed by atoms with Gasteiger partial charge in [-0.2, -0.15) is 19.9 Å². The molecular weight excluding hydrogens is 691 g/mol. The molecule has 0 bridgehead atoms. The lowest BCUT2D eigenvalue weighted by Crippen LogP contribution is -2.18. The Labute approximate surface area is 295 Å². The number of rotatable bonds is 14. The molecule has 0 amide bonds. The summed E-state index contributed by atoms with van der Waals surface area (Å²) in [6.07, 6.45) is 0. The Morgan fingerprint density at radius 2 is 0.960 bits per heavy atom. The Bertz CT molecular complexity index is 1990. The van der Waals surface area contributed by atoms with Gasteiger partial charge in [0.1, 0.15) is 24.2 Å². The molecule has 0 aliphatic heterocycles. The smallest absolute Gasteiger partial charge is 0.328 e. The highest BCUT2D eigenvalue weighted by molar-refractivity contribution is 6.17. The maximum absolute atomic E-state index is 12.3. The van der Waals surface area contributed by atoms with E-state index in [2.05, 4.69) is 29.9 Å². The number of nitrogens with zero attached hydrogens (tertiary/aromatic N) is 6. The molecule has 0 spiro atoms. The molecule has 6 N–H and O–H groups in total. The van der Waals surface area contributed by atoms with E-state index < -0.39 is 0 Å². The van der Waals surface area contributed by atoms with Gasteiger partial charge in [0, 0.05) is 26.0 Å². The summed E-state index contributed by atoms with van der Waals surface area (Å²) in [5.41, 5.74) is 16.7. The number of hydrogen-bond donors (Lipinski definition) is 4. The highest BCUT2D eigenvalue weighted by Gasteiger charge is 2.16. The van der Waals surface area contributed by atoms with Gasteiger partial charge in [0.15, 0.2) is 22.9 Å². The van der Waals surface area contributed by atoms with Gasteiger partial charge in [-0.1, -0.05) is 48.5 Å². The molecule has 0 fully saturated rings. The molecule has 0 aliphatic carbocycles. The third-order valence-corrected chi connectivity index (χ3v) is 7.95. The van der Waals surface area contributed by atoms with Gasteiger partial charge >= 0.3 is 23.4 Å². The number of aromatic amines is 2. The Hall–Kier alpha value is -5.16. The molecule has 18 heteroatoms. The van der Waals surface area contributed by atoms with Crippen molar-refractivity contribution in [2.45, 2.75) is 24.8 Å². The number of ether oxygens (including phenoxy) is 4. The van der Waals surface area contributed by atoms with Crippen LogP contribution in [0.5, 0.6) is 12.0 Å². The molecule has 0 radical (unpaired) electrons. The quantitative estimate of drug-likeness (QED) is 0.0941. The molecule has 6 aromatic rings. The number of fused-ring (bicyclic) bond motifs is 2. The fourth-order valence-corrected chi connectivity index (χ4v) is 5.11. The van der Waals surface area contributed by atoms with Crippen molar-refractivity contribution in [3.8, 4) is 12.0 Å². The first-order chi connectivity index (χ1) is 24.2. The second kappa shape index (κ2) is 17.0. The zero-order valence-corrected chi connectivity index (χ0v) is 28.8. The van der Waals surface area contributed by atoms with E-state index in [1.54, 1.807) is 14.2 Å². The topological polar surface area (TPSA) is 216 Å². The molecular formula is C32H36Cl2N10O6. The van der Waals surface area contributed by atoms with Gasteiger partial charge < -0.3 is 40.4 Å². The summed E-state index contributed by atoms with van der Waals surface area (Å²) < 4.78 is 23.7. The summed E-state index contributed by atoms with van der Waals surface area (Å²) in [5, 5.41) is 0. The zero-order valence-electron chi connectivity index (χ0n) is 27.3. The van der Waals surface area contributed by atoms with Crippen LogP contribution in [-0.4, -0.2) is 79.7 Å². The summed E-state index contributed by atoms with van der Waals surface area (Å²) in [7, 11) is 3.14. The Balaban J connectivity index is 0.000000194. The predicted octanol–water partition coefficient (Wildman–Crippen LogP) is 3.03. The van der Waals surface area contributed by atoms with E-state index in [0.29, 0.717) is 60.4 Å². The number of benzene rings is 2. The number of halogens is 2. The molecule has 2 aromatic carbocycles. The number of hydrogen-bond acceptors (Lipinski definition) is 12. The van der Waals surface area contributed by atoms with Crippen LogP contribution in [0.25, 0.3) is 22.3 Å². The van der Waals surface area contributed by atoms with Gasteiger partial charge in [0.05, 0.1) is 26.3 Å². The lowest BCUT2D eigenvalue weighted by atomic mass is 10.1. The summed E-state index contributed by atoms with van der Waals surface area (Å²) in [6.45, 7) is 2.05. The maximum atomic E-state index is 12.3. The first kappa shape index (κ1) is 36.1. The van der Waals surface area contributed by atoms with Gasteiger partial charge in [0.25, 0.3) is 0 Å². The lowest BCUT2D eigenvalue weighted by Gasteiger charge is -2.07. The molecule has 264 valence electrons. The van der Waals surface area contributed by atoms with Crippen molar-refractivity contribution in [3.05, 3.63) is 91.8 Å².